The predicted molar refractivity (Wildman–Crippen MR) is 72.4 cm³/mol. The van der Waals surface area contributed by atoms with Gasteiger partial charge >= 0.3 is 0 Å². The van der Waals surface area contributed by atoms with Gasteiger partial charge in [-0.15, -0.1) is 11.3 Å². The van der Waals surface area contributed by atoms with Gasteiger partial charge in [-0.1, -0.05) is 0 Å². The number of thiazole rings is 1. The van der Waals surface area contributed by atoms with Crippen LogP contribution in [-0.4, -0.2) is 28.0 Å². The first-order valence-corrected chi connectivity index (χ1v) is 7.21. The fourth-order valence-electron chi connectivity index (χ4n) is 2.41. The van der Waals surface area contributed by atoms with Crippen LogP contribution in [0, 0.1) is 5.92 Å². The Bertz CT molecular complexity index is 491. The molecule has 1 saturated heterocycles. The molecule has 4 nitrogen and oxygen atoms in total. The van der Waals surface area contributed by atoms with E-state index in [-0.39, 0.29) is 0 Å². The summed E-state index contributed by atoms with van der Waals surface area (Å²) in [6, 6.07) is 0. The zero-order chi connectivity index (χ0) is 12.2. The molecule has 0 bridgehead atoms. The molecule has 5 heteroatoms. The highest BCUT2D eigenvalue weighted by molar-refractivity contribution is 7.13. The van der Waals surface area contributed by atoms with Crippen LogP contribution in [0.3, 0.4) is 0 Å². The highest BCUT2D eigenvalue weighted by Crippen LogP contribution is 2.26. The second-order valence-electron chi connectivity index (χ2n) is 4.61. The lowest BCUT2D eigenvalue weighted by Crippen LogP contribution is -2.29. The van der Waals surface area contributed by atoms with Gasteiger partial charge in [-0.05, 0) is 38.3 Å². The van der Waals surface area contributed by atoms with E-state index in [0.717, 1.165) is 41.7 Å². The number of rotatable bonds is 3. The van der Waals surface area contributed by atoms with Crippen LogP contribution in [0.2, 0.25) is 0 Å². The number of hydrogen-bond acceptors (Lipinski definition) is 5. The van der Waals surface area contributed by atoms with Gasteiger partial charge in [-0.25, -0.2) is 0 Å². The minimum absolute atomic E-state index is 0.731. The molecular weight excluding hydrogens is 244 g/mol. The van der Waals surface area contributed by atoms with Gasteiger partial charge in [0.05, 0.1) is 16.1 Å². The van der Waals surface area contributed by atoms with Crippen molar-refractivity contribution in [2.75, 3.05) is 13.1 Å². The number of hydrogen-bond donors (Lipinski definition) is 1. The summed E-state index contributed by atoms with van der Waals surface area (Å²) in [4.78, 5) is 14.2. The molecule has 0 aliphatic carbocycles. The van der Waals surface area contributed by atoms with Crippen LogP contribution in [0.25, 0.3) is 10.6 Å². The lowest BCUT2D eigenvalue weighted by atomic mass is 9.92. The fourth-order valence-corrected chi connectivity index (χ4v) is 3.05. The first-order valence-electron chi connectivity index (χ1n) is 6.33. The highest BCUT2D eigenvalue weighted by atomic mass is 32.1. The van der Waals surface area contributed by atoms with E-state index in [1.165, 1.54) is 12.8 Å². The summed E-state index contributed by atoms with van der Waals surface area (Å²) in [6.07, 6.45) is 8.93. The van der Waals surface area contributed by atoms with E-state index in [1.807, 2.05) is 11.7 Å². The van der Waals surface area contributed by atoms with Crippen LogP contribution < -0.4 is 5.32 Å². The molecule has 0 unspecified atom stereocenters. The lowest BCUT2D eigenvalue weighted by molar-refractivity contribution is 0.370. The molecule has 0 spiro atoms. The molecule has 2 aromatic rings. The number of nitrogens with one attached hydrogen (secondary N) is 1. The SMILES string of the molecule is c1cnc(-c2cncs2)c(CC2CCNCC2)n1. The topological polar surface area (TPSA) is 50.7 Å². The maximum Gasteiger partial charge on any atom is 0.103 e. The molecule has 3 heterocycles. The van der Waals surface area contributed by atoms with Crippen molar-refractivity contribution in [1.29, 1.82) is 0 Å². The van der Waals surface area contributed by atoms with Crippen LogP contribution >= 0.6 is 11.3 Å². The molecule has 3 rings (SSSR count). The number of aromatic nitrogens is 3. The second kappa shape index (κ2) is 5.54. The molecule has 1 fully saturated rings. The van der Waals surface area contributed by atoms with Crippen molar-refractivity contribution in [2.24, 2.45) is 5.92 Å². The first kappa shape index (κ1) is 11.7. The largest absolute Gasteiger partial charge is 0.317 e. The van der Waals surface area contributed by atoms with Gasteiger partial charge in [0.1, 0.15) is 5.69 Å². The van der Waals surface area contributed by atoms with Gasteiger partial charge in [-0.3, -0.25) is 15.0 Å². The normalized spacial score (nSPS) is 16.9. The highest BCUT2D eigenvalue weighted by Gasteiger charge is 2.17. The third-order valence-electron chi connectivity index (χ3n) is 3.38. The standard InChI is InChI=1S/C13H16N4S/c1-3-14-4-2-10(1)7-11-13(17-6-5-16-11)12-8-15-9-18-12/h5-6,8-10,14H,1-4,7H2. The molecule has 0 saturated carbocycles. The monoisotopic (exact) mass is 260 g/mol. The molecule has 0 amide bonds. The van der Waals surface area contributed by atoms with Crippen molar-refractivity contribution in [3.63, 3.8) is 0 Å². The molecule has 0 atom stereocenters. The zero-order valence-electron chi connectivity index (χ0n) is 10.2. The second-order valence-corrected chi connectivity index (χ2v) is 5.50. The van der Waals surface area contributed by atoms with Gasteiger partial charge in [0.2, 0.25) is 0 Å². The molecule has 94 valence electrons. The van der Waals surface area contributed by atoms with Gasteiger partial charge in [-0.2, -0.15) is 0 Å². The van der Waals surface area contributed by atoms with E-state index < -0.39 is 0 Å². The zero-order valence-corrected chi connectivity index (χ0v) is 11.0. The average molecular weight is 260 g/mol. The summed E-state index contributed by atoms with van der Waals surface area (Å²) in [7, 11) is 0. The molecular formula is C13H16N4S. The Morgan fingerprint density at radius 1 is 1.22 bits per heavy atom. The van der Waals surface area contributed by atoms with Gasteiger partial charge in [0.25, 0.3) is 0 Å². The van der Waals surface area contributed by atoms with E-state index in [1.54, 1.807) is 23.7 Å². The summed E-state index contributed by atoms with van der Waals surface area (Å²) in [6.45, 7) is 2.25. The molecule has 2 aromatic heterocycles. The van der Waals surface area contributed by atoms with Crippen molar-refractivity contribution in [2.45, 2.75) is 19.3 Å². The molecule has 18 heavy (non-hydrogen) atoms. The van der Waals surface area contributed by atoms with Crippen molar-refractivity contribution in [3.05, 3.63) is 29.8 Å². The van der Waals surface area contributed by atoms with Crippen molar-refractivity contribution >= 4 is 11.3 Å². The smallest absolute Gasteiger partial charge is 0.103 e. The summed E-state index contributed by atoms with van der Waals surface area (Å²) in [5.41, 5.74) is 3.98. The molecule has 0 radical (unpaired) electrons. The summed E-state index contributed by atoms with van der Waals surface area (Å²) >= 11 is 1.63. The maximum atomic E-state index is 4.52. The van der Waals surface area contributed by atoms with E-state index in [0.29, 0.717) is 0 Å². The summed E-state index contributed by atoms with van der Waals surface area (Å²) < 4.78 is 0. The van der Waals surface area contributed by atoms with Gasteiger partial charge in [0.15, 0.2) is 0 Å². The van der Waals surface area contributed by atoms with E-state index >= 15 is 0 Å². The third kappa shape index (κ3) is 2.57. The Kier molecular flexibility index (Phi) is 3.61. The molecule has 0 aromatic carbocycles. The Hall–Kier alpha value is -1.33. The van der Waals surface area contributed by atoms with E-state index in [2.05, 4.69) is 20.3 Å². The Morgan fingerprint density at radius 2 is 2.06 bits per heavy atom. The van der Waals surface area contributed by atoms with Gasteiger partial charge in [0, 0.05) is 18.6 Å². The number of piperidine rings is 1. The third-order valence-corrected chi connectivity index (χ3v) is 4.16. The minimum Gasteiger partial charge on any atom is -0.317 e. The van der Waals surface area contributed by atoms with Crippen molar-refractivity contribution in [1.82, 2.24) is 20.3 Å². The van der Waals surface area contributed by atoms with Crippen LogP contribution in [0.5, 0.6) is 0 Å². The van der Waals surface area contributed by atoms with Crippen LogP contribution in [-0.2, 0) is 6.42 Å². The Labute approximate surface area is 111 Å². The molecule has 1 aliphatic heterocycles. The Morgan fingerprint density at radius 3 is 2.83 bits per heavy atom. The van der Waals surface area contributed by atoms with Crippen molar-refractivity contribution in [3.8, 4) is 10.6 Å². The van der Waals surface area contributed by atoms with Gasteiger partial charge < -0.3 is 5.32 Å². The first-order chi connectivity index (χ1) is 8.93. The Balaban J connectivity index is 1.83. The van der Waals surface area contributed by atoms with Crippen LogP contribution in [0.1, 0.15) is 18.5 Å². The summed E-state index contributed by atoms with van der Waals surface area (Å²) in [5.74, 6) is 0.731. The molecule has 1 aliphatic rings. The number of nitrogens with zero attached hydrogens (tertiary/aromatic N) is 3. The fraction of sp³-hybridized carbons (Fsp3) is 0.462. The van der Waals surface area contributed by atoms with Crippen molar-refractivity contribution < 1.29 is 0 Å². The molecule has 1 N–H and O–H groups in total. The predicted octanol–water partition coefficient (Wildman–Crippen LogP) is 2.14. The maximum absolute atomic E-state index is 4.52. The van der Waals surface area contributed by atoms with E-state index in [9.17, 15) is 0 Å². The van der Waals surface area contributed by atoms with Crippen LogP contribution in [0.4, 0.5) is 0 Å². The van der Waals surface area contributed by atoms with E-state index in [4.69, 9.17) is 0 Å². The minimum atomic E-state index is 0.731. The summed E-state index contributed by atoms with van der Waals surface area (Å²) in [5, 5.41) is 3.40. The lowest BCUT2D eigenvalue weighted by Gasteiger charge is -2.22. The average Bonchev–Trinajstić information content (AvgIpc) is 2.94. The van der Waals surface area contributed by atoms with Crippen LogP contribution in [0.15, 0.2) is 24.1 Å². The quantitative estimate of drug-likeness (QED) is 0.918.